The highest BCUT2D eigenvalue weighted by Crippen LogP contribution is 2.67. The van der Waals surface area contributed by atoms with Crippen molar-refractivity contribution in [1.82, 2.24) is 0 Å². The predicted octanol–water partition coefficient (Wildman–Crippen LogP) is 13.2. The molecule has 0 fully saturated rings. The Morgan fingerprint density at radius 3 is 1.40 bits per heavy atom. The lowest BCUT2D eigenvalue weighted by Crippen LogP contribution is -2.37. The molecule has 0 saturated heterocycles. The minimum atomic E-state index is -0.672. The van der Waals surface area contributed by atoms with Crippen molar-refractivity contribution < 1.29 is 0 Å². The molecule has 0 aromatic heterocycles. The van der Waals surface area contributed by atoms with E-state index in [1.165, 1.54) is 72.3 Å². The molecular weight excluding hydrogens is 729 g/mol. The van der Waals surface area contributed by atoms with Crippen molar-refractivity contribution in [1.29, 1.82) is 10.5 Å². The number of anilines is 5. The number of nitrogens with one attached hydrogen (secondary N) is 1. The summed E-state index contributed by atoms with van der Waals surface area (Å²) >= 11 is 0. The molecule has 0 amide bonds. The molecule has 282 valence electrons. The van der Waals surface area contributed by atoms with Gasteiger partial charge in [0.25, 0.3) is 0 Å². The van der Waals surface area contributed by atoms with E-state index >= 15 is 0 Å². The van der Waals surface area contributed by atoms with Crippen LogP contribution in [0.15, 0.2) is 152 Å². The molecule has 8 aromatic rings. The first-order chi connectivity index (χ1) is 29.3. The molecule has 2 spiro atoms. The van der Waals surface area contributed by atoms with E-state index in [1.54, 1.807) is 0 Å². The minimum Gasteiger partial charge on any atom is -0.353 e. The van der Waals surface area contributed by atoms with Crippen LogP contribution >= 0.6 is 0 Å². The molecule has 60 heavy (non-hydrogen) atoms. The fraction of sp³-hybridized carbons (Fsp3) is 0.107. The topological polar surface area (TPSA) is 62.9 Å². The summed E-state index contributed by atoms with van der Waals surface area (Å²) in [6.45, 7) is 8.71. The number of fused-ring (bicyclic) bond motifs is 18. The lowest BCUT2D eigenvalue weighted by Gasteiger charge is -2.47. The van der Waals surface area contributed by atoms with Crippen molar-refractivity contribution in [3.63, 3.8) is 0 Å². The highest BCUT2D eigenvalue weighted by atomic mass is 15.2. The second kappa shape index (κ2) is 12.0. The normalized spacial score (nSPS) is 14.7. The van der Waals surface area contributed by atoms with Gasteiger partial charge in [0.05, 0.1) is 56.8 Å². The van der Waals surface area contributed by atoms with Crippen LogP contribution in [0.3, 0.4) is 0 Å². The monoisotopic (exact) mass is 766 g/mol. The van der Waals surface area contributed by atoms with Gasteiger partial charge < -0.3 is 10.2 Å². The van der Waals surface area contributed by atoms with Gasteiger partial charge in [0, 0.05) is 5.69 Å². The van der Waals surface area contributed by atoms with Gasteiger partial charge in [-0.25, -0.2) is 0 Å². The Morgan fingerprint density at radius 1 is 0.400 bits per heavy atom. The number of nitrogens with zero attached hydrogens (tertiary/aromatic N) is 3. The summed E-state index contributed by atoms with van der Waals surface area (Å²) < 4.78 is 0. The van der Waals surface area contributed by atoms with Crippen LogP contribution in [0, 0.1) is 50.4 Å². The molecule has 0 bridgehead atoms. The summed E-state index contributed by atoms with van der Waals surface area (Å²) in [7, 11) is 0. The molecule has 0 radical (unpaired) electrons. The van der Waals surface area contributed by atoms with E-state index in [0.717, 1.165) is 45.1 Å². The lowest BCUT2D eigenvalue weighted by molar-refractivity contribution is 0.748. The summed E-state index contributed by atoms with van der Waals surface area (Å²) in [6, 6.07) is 60.4. The largest absolute Gasteiger partial charge is 0.353 e. The van der Waals surface area contributed by atoms with E-state index in [9.17, 15) is 10.5 Å². The fourth-order valence-electron chi connectivity index (χ4n) is 11.4. The lowest BCUT2D eigenvalue weighted by atomic mass is 9.63. The molecule has 1 N–H and O–H groups in total. The van der Waals surface area contributed by atoms with Crippen molar-refractivity contribution in [2.45, 2.75) is 38.5 Å². The van der Waals surface area contributed by atoms with Crippen LogP contribution < -0.4 is 10.2 Å². The van der Waals surface area contributed by atoms with Gasteiger partial charge >= 0.3 is 0 Å². The number of nitriles is 2. The van der Waals surface area contributed by atoms with Gasteiger partial charge in [-0.1, -0.05) is 138 Å². The Morgan fingerprint density at radius 2 is 0.850 bits per heavy atom. The van der Waals surface area contributed by atoms with Gasteiger partial charge in [-0.05, 0) is 131 Å². The second-order valence-electron chi connectivity index (χ2n) is 17.1. The molecule has 2 aliphatic heterocycles. The van der Waals surface area contributed by atoms with Gasteiger partial charge in [0.1, 0.15) is 0 Å². The number of para-hydroxylation sites is 2. The summed E-state index contributed by atoms with van der Waals surface area (Å²) in [5.41, 5.74) is 24.1. The first kappa shape index (κ1) is 34.4. The number of aryl methyl sites for hydroxylation is 4. The van der Waals surface area contributed by atoms with Gasteiger partial charge in [-0.3, -0.25) is 0 Å². The maximum absolute atomic E-state index is 10.6. The quantitative estimate of drug-likeness (QED) is 0.181. The molecule has 0 saturated carbocycles. The van der Waals surface area contributed by atoms with E-state index in [4.69, 9.17) is 0 Å². The Labute approximate surface area is 350 Å². The standard InChI is InChI=1S/C56H38N4/c1-32-12-18-38-39-19-13-33(2)25-47(39)55(46(38)24-32)42-22-16-36(30-57)28-50(42)59-54-45(55)9-7-11-52(54)60-51-10-6-5-8-43(51)56(44-23-17-37(31-58)29-53(44)60)48-26-34(3)14-20-40(48)41-21-15-35(4)27-49(41)56/h5-29,59H,1-4H3. The summed E-state index contributed by atoms with van der Waals surface area (Å²) in [6.07, 6.45) is 0. The predicted molar refractivity (Wildman–Crippen MR) is 241 cm³/mol. The van der Waals surface area contributed by atoms with Crippen LogP contribution in [-0.2, 0) is 10.8 Å². The Hall–Kier alpha value is -7.66. The average Bonchev–Trinajstić information content (AvgIpc) is 3.69. The SMILES string of the molecule is Cc1ccc2c(c1)C1(c3cc(C)ccc3-2)c2ccccc2N(c2cccc3c2Nc2cc(C#N)ccc2C32c3cc(C)ccc3-c3ccc(C)cc32)c2cc(C#N)ccc21. The van der Waals surface area contributed by atoms with Crippen LogP contribution in [0.5, 0.6) is 0 Å². The van der Waals surface area contributed by atoms with Crippen molar-refractivity contribution in [2.75, 3.05) is 10.2 Å². The maximum atomic E-state index is 10.6. The van der Waals surface area contributed by atoms with Crippen molar-refractivity contribution >= 4 is 28.4 Å². The molecule has 4 nitrogen and oxygen atoms in total. The van der Waals surface area contributed by atoms with Crippen LogP contribution in [-0.4, -0.2) is 0 Å². The van der Waals surface area contributed by atoms with Crippen molar-refractivity contribution in [3.05, 3.63) is 230 Å². The smallest absolute Gasteiger partial charge is 0.0992 e. The Bertz CT molecular complexity index is 3230. The average molecular weight is 767 g/mol. The highest BCUT2D eigenvalue weighted by molar-refractivity contribution is 6.02. The first-order valence-electron chi connectivity index (χ1n) is 20.6. The molecule has 2 heterocycles. The highest BCUT2D eigenvalue weighted by Gasteiger charge is 2.54. The van der Waals surface area contributed by atoms with E-state index in [1.807, 2.05) is 18.2 Å². The second-order valence-corrected chi connectivity index (χ2v) is 17.1. The van der Waals surface area contributed by atoms with Crippen molar-refractivity contribution in [2.24, 2.45) is 0 Å². The fourth-order valence-corrected chi connectivity index (χ4v) is 11.4. The van der Waals surface area contributed by atoms with Gasteiger partial charge in [-0.15, -0.1) is 0 Å². The van der Waals surface area contributed by atoms with Crippen LogP contribution in [0.4, 0.5) is 28.4 Å². The van der Waals surface area contributed by atoms with Gasteiger partial charge in [-0.2, -0.15) is 10.5 Å². The zero-order valence-electron chi connectivity index (χ0n) is 33.8. The maximum Gasteiger partial charge on any atom is 0.0992 e. The molecule has 12 rings (SSSR count). The number of rotatable bonds is 1. The van der Waals surface area contributed by atoms with Crippen LogP contribution in [0.1, 0.15) is 77.9 Å². The molecule has 4 heteroatoms. The number of hydrogen-bond donors (Lipinski definition) is 1. The summed E-state index contributed by atoms with van der Waals surface area (Å²) in [5, 5.41) is 24.8. The minimum absolute atomic E-state index is 0.600. The number of benzene rings is 8. The zero-order chi connectivity index (χ0) is 40.7. The van der Waals surface area contributed by atoms with Gasteiger partial charge in [0.2, 0.25) is 0 Å². The zero-order valence-corrected chi connectivity index (χ0v) is 33.8. The van der Waals surface area contributed by atoms with Crippen LogP contribution in [0.25, 0.3) is 22.3 Å². The van der Waals surface area contributed by atoms with Crippen molar-refractivity contribution in [3.8, 4) is 34.4 Å². The van der Waals surface area contributed by atoms with Gasteiger partial charge in [0.15, 0.2) is 0 Å². The first-order valence-corrected chi connectivity index (χ1v) is 20.6. The molecule has 2 aliphatic carbocycles. The molecular formula is C56H38N4. The Kier molecular flexibility index (Phi) is 6.85. The van der Waals surface area contributed by atoms with E-state index in [0.29, 0.717) is 11.1 Å². The summed E-state index contributed by atoms with van der Waals surface area (Å²) in [4.78, 5) is 2.39. The third-order valence-electron chi connectivity index (χ3n) is 13.7. The molecule has 0 unspecified atom stereocenters. The van der Waals surface area contributed by atoms with E-state index < -0.39 is 10.8 Å². The third kappa shape index (κ3) is 4.17. The molecule has 4 aliphatic rings. The van der Waals surface area contributed by atoms with Crippen LogP contribution in [0.2, 0.25) is 0 Å². The Balaban J connectivity index is 1.21. The number of hydrogen-bond acceptors (Lipinski definition) is 4. The third-order valence-corrected chi connectivity index (χ3v) is 13.7. The van der Waals surface area contributed by atoms with E-state index in [2.05, 4.69) is 184 Å². The van der Waals surface area contributed by atoms with E-state index in [-0.39, 0.29) is 0 Å². The molecule has 8 aromatic carbocycles. The summed E-state index contributed by atoms with van der Waals surface area (Å²) in [5.74, 6) is 0. The molecule has 0 atom stereocenters.